The van der Waals surface area contributed by atoms with Crippen LogP contribution < -0.4 is 5.32 Å². The van der Waals surface area contributed by atoms with Crippen LogP contribution in [0, 0.1) is 0 Å². The zero-order chi connectivity index (χ0) is 10.5. The molecule has 1 N–H and O–H groups in total. The van der Waals surface area contributed by atoms with Crippen molar-refractivity contribution in [3.63, 3.8) is 0 Å². The van der Waals surface area contributed by atoms with Gasteiger partial charge in [0, 0.05) is 19.5 Å². The summed E-state index contributed by atoms with van der Waals surface area (Å²) >= 11 is 0. The second-order valence-corrected chi connectivity index (χ2v) is 3.81. The molecule has 0 radical (unpaired) electrons. The van der Waals surface area contributed by atoms with Gasteiger partial charge < -0.3 is 9.73 Å². The quantitative estimate of drug-likeness (QED) is 0.788. The Bertz CT molecular complexity index is 296. The molecule has 0 saturated carbocycles. The molecule has 0 atom stereocenters. The smallest absolute Gasteiger partial charge is 0.220 e. The maximum absolute atomic E-state index is 11.1. The fourth-order valence-corrected chi connectivity index (χ4v) is 1.80. The van der Waals surface area contributed by atoms with Gasteiger partial charge in [-0.15, -0.1) is 0 Å². The highest BCUT2D eigenvalue weighted by Gasteiger charge is 2.12. The van der Waals surface area contributed by atoms with Crippen LogP contribution in [-0.2, 0) is 11.3 Å². The summed E-state index contributed by atoms with van der Waals surface area (Å²) in [6, 6.07) is 3.89. The van der Waals surface area contributed by atoms with Crippen molar-refractivity contribution in [3.05, 3.63) is 24.2 Å². The Labute approximate surface area is 89.2 Å². The van der Waals surface area contributed by atoms with Crippen LogP contribution in [0.2, 0.25) is 0 Å². The summed E-state index contributed by atoms with van der Waals surface area (Å²) in [5.74, 6) is 1.16. The lowest BCUT2D eigenvalue weighted by Crippen LogP contribution is -2.38. The van der Waals surface area contributed by atoms with Crippen molar-refractivity contribution in [2.75, 3.05) is 19.6 Å². The minimum Gasteiger partial charge on any atom is -0.468 e. The van der Waals surface area contributed by atoms with Crippen molar-refractivity contribution in [1.82, 2.24) is 10.2 Å². The third kappa shape index (κ3) is 3.09. The van der Waals surface area contributed by atoms with Gasteiger partial charge in [0.2, 0.25) is 5.91 Å². The van der Waals surface area contributed by atoms with Gasteiger partial charge in [-0.1, -0.05) is 0 Å². The van der Waals surface area contributed by atoms with Gasteiger partial charge in [0.25, 0.3) is 0 Å². The highest BCUT2D eigenvalue weighted by molar-refractivity contribution is 5.75. The average Bonchev–Trinajstić information content (AvgIpc) is 2.66. The zero-order valence-electron chi connectivity index (χ0n) is 8.74. The van der Waals surface area contributed by atoms with Gasteiger partial charge in [0.05, 0.1) is 12.8 Å². The fraction of sp³-hybridized carbons (Fsp3) is 0.545. The van der Waals surface area contributed by atoms with Crippen molar-refractivity contribution in [2.24, 2.45) is 0 Å². The topological polar surface area (TPSA) is 45.5 Å². The molecule has 0 aliphatic carbocycles. The number of hydrogen-bond acceptors (Lipinski definition) is 3. The Kier molecular flexibility index (Phi) is 3.40. The summed E-state index contributed by atoms with van der Waals surface area (Å²) in [7, 11) is 0. The Balaban J connectivity index is 1.84. The van der Waals surface area contributed by atoms with Crippen molar-refractivity contribution in [2.45, 2.75) is 19.4 Å². The fourth-order valence-electron chi connectivity index (χ4n) is 1.80. The third-order valence-electron chi connectivity index (χ3n) is 2.59. The first-order valence-electron chi connectivity index (χ1n) is 5.36. The Morgan fingerprint density at radius 2 is 2.40 bits per heavy atom. The molecule has 15 heavy (non-hydrogen) atoms. The summed E-state index contributed by atoms with van der Waals surface area (Å²) in [6.07, 6.45) is 3.25. The van der Waals surface area contributed by atoms with Crippen LogP contribution in [0.3, 0.4) is 0 Å². The number of rotatable bonds is 2. The average molecular weight is 208 g/mol. The Hall–Kier alpha value is -1.29. The van der Waals surface area contributed by atoms with Gasteiger partial charge >= 0.3 is 0 Å². The minimum atomic E-state index is 0.174. The third-order valence-corrected chi connectivity index (χ3v) is 2.59. The maximum Gasteiger partial charge on any atom is 0.220 e. The van der Waals surface area contributed by atoms with E-state index in [-0.39, 0.29) is 5.91 Å². The summed E-state index contributed by atoms with van der Waals surface area (Å²) in [5.41, 5.74) is 0. The molecule has 0 bridgehead atoms. The molecule has 0 spiro atoms. The zero-order valence-corrected chi connectivity index (χ0v) is 8.74. The van der Waals surface area contributed by atoms with Gasteiger partial charge in [0.1, 0.15) is 5.76 Å². The maximum atomic E-state index is 11.1. The molecule has 1 aromatic rings. The minimum absolute atomic E-state index is 0.174. The standard InChI is InChI=1S/C11H16N2O2/c14-11-4-1-6-13(7-5-12-11)9-10-3-2-8-15-10/h2-3,8H,1,4-7,9H2,(H,12,14). The largest absolute Gasteiger partial charge is 0.468 e. The van der Waals surface area contributed by atoms with Crippen molar-refractivity contribution >= 4 is 5.91 Å². The Morgan fingerprint density at radius 3 is 3.20 bits per heavy atom. The lowest BCUT2D eigenvalue weighted by atomic mass is 10.2. The van der Waals surface area contributed by atoms with E-state index in [9.17, 15) is 4.79 Å². The molecule has 0 unspecified atom stereocenters. The molecule has 2 rings (SSSR count). The summed E-state index contributed by atoms with van der Waals surface area (Å²) in [6.45, 7) is 3.43. The lowest BCUT2D eigenvalue weighted by molar-refractivity contribution is -0.121. The lowest BCUT2D eigenvalue weighted by Gasteiger charge is -2.23. The number of hydrogen-bond donors (Lipinski definition) is 1. The van der Waals surface area contributed by atoms with E-state index in [0.717, 1.165) is 38.4 Å². The predicted molar refractivity (Wildman–Crippen MR) is 56.2 cm³/mol. The number of amides is 1. The highest BCUT2D eigenvalue weighted by Crippen LogP contribution is 2.07. The summed E-state index contributed by atoms with van der Waals surface area (Å²) in [4.78, 5) is 13.4. The number of nitrogens with zero attached hydrogens (tertiary/aromatic N) is 1. The summed E-state index contributed by atoms with van der Waals surface area (Å²) < 4.78 is 5.30. The van der Waals surface area contributed by atoms with Crippen LogP contribution in [-0.4, -0.2) is 30.4 Å². The van der Waals surface area contributed by atoms with E-state index in [1.54, 1.807) is 6.26 Å². The molecule has 1 saturated heterocycles. The van der Waals surface area contributed by atoms with E-state index in [4.69, 9.17) is 4.42 Å². The number of carbonyl (C=O) groups is 1. The molecule has 1 aliphatic heterocycles. The van der Waals surface area contributed by atoms with Crippen molar-refractivity contribution in [1.29, 1.82) is 0 Å². The van der Waals surface area contributed by atoms with E-state index in [1.165, 1.54) is 0 Å². The molecule has 2 heterocycles. The molecule has 1 aromatic heterocycles. The van der Waals surface area contributed by atoms with Gasteiger partial charge in [-0.3, -0.25) is 9.69 Å². The van der Waals surface area contributed by atoms with E-state index in [0.29, 0.717) is 6.42 Å². The van der Waals surface area contributed by atoms with Gasteiger partial charge in [-0.2, -0.15) is 0 Å². The molecule has 82 valence electrons. The second kappa shape index (κ2) is 4.98. The van der Waals surface area contributed by atoms with Crippen LogP contribution in [0.1, 0.15) is 18.6 Å². The predicted octanol–water partition coefficient (Wildman–Crippen LogP) is 0.992. The molecule has 4 heteroatoms. The van der Waals surface area contributed by atoms with Gasteiger partial charge in [-0.05, 0) is 25.1 Å². The highest BCUT2D eigenvalue weighted by atomic mass is 16.3. The SMILES string of the molecule is O=C1CCCN(Cc2ccco2)CCN1. The first kappa shape index (κ1) is 10.2. The molecule has 4 nitrogen and oxygen atoms in total. The molecule has 1 fully saturated rings. The van der Waals surface area contributed by atoms with Crippen LogP contribution in [0.5, 0.6) is 0 Å². The normalized spacial score (nSPS) is 19.3. The van der Waals surface area contributed by atoms with Crippen LogP contribution in [0.15, 0.2) is 22.8 Å². The van der Waals surface area contributed by atoms with Crippen LogP contribution in [0.4, 0.5) is 0 Å². The monoisotopic (exact) mass is 208 g/mol. The number of nitrogens with one attached hydrogen (secondary N) is 1. The van der Waals surface area contributed by atoms with E-state index < -0.39 is 0 Å². The number of carbonyl (C=O) groups excluding carboxylic acids is 1. The molecule has 1 aliphatic rings. The first-order valence-corrected chi connectivity index (χ1v) is 5.36. The first-order chi connectivity index (χ1) is 7.34. The molecular formula is C11H16N2O2. The van der Waals surface area contributed by atoms with E-state index >= 15 is 0 Å². The van der Waals surface area contributed by atoms with Crippen LogP contribution in [0.25, 0.3) is 0 Å². The van der Waals surface area contributed by atoms with Gasteiger partial charge in [-0.25, -0.2) is 0 Å². The Morgan fingerprint density at radius 1 is 1.47 bits per heavy atom. The molecular weight excluding hydrogens is 192 g/mol. The summed E-state index contributed by atoms with van der Waals surface area (Å²) in [5, 5.41) is 2.88. The van der Waals surface area contributed by atoms with E-state index in [2.05, 4.69) is 10.2 Å². The van der Waals surface area contributed by atoms with Crippen molar-refractivity contribution < 1.29 is 9.21 Å². The van der Waals surface area contributed by atoms with Gasteiger partial charge in [0.15, 0.2) is 0 Å². The van der Waals surface area contributed by atoms with Crippen molar-refractivity contribution in [3.8, 4) is 0 Å². The molecule has 1 amide bonds. The second-order valence-electron chi connectivity index (χ2n) is 3.81. The molecule has 0 aromatic carbocycles. The van der Waals surface area contributed by atoms with E-state index in [1.807, 2.05) is 12.1 Å². The van der Waals surface area contributed by atoms with Crippen LogP contribution >= 0.6 is 0 Å². The number of furan rings is 1.